The predicted octanol–water partition coefficient (Wildman–Crippen LogP) is 4.09. The Morgan fingerprint density at radius 3 is 2.46 bits per heavy atom. The van der Waals surface area contributed by atoms with Crippen molar-refractivity contribution in [3.05, 3.63) is 64.5 Å². The van der Waals surface area contributed by atoms with Crippen molar-refractivity contribution >= 4 is 40.6 Å². The fraction of sp³-hybridized carbons (Fsp3) is 0.263. The van der Waals surface area contributed by atoms with Crippen molar-refractivity contribution in [1.29, 1.82) is 0 Å². The zero-order chi connectivity index (χ0) is 20.3. The summed E-state index contributed by atoms with van der Waals surface area (Å²) in [6, 6.07) is 8.92. The predicted molar refractivity (Wildman–Crippen MR) is 108 cm³/mol. The molecule has 0 radical (unpaired) electrons. The largest absolute Gasteiger partial charge is 0.467 e. The number of carbonyl (C=O) groups excluding carboxylic acids is 2. The van der Waals surface area contributed by atoms with Crippen LogP contribution in [-0.4, -0.2) is 26.9 Å². The average Bonchev–Trinajstić information content (AvgIpc) is 3.32. The first kappa shape index (κ1) is 20.0. The van der Waals surface area contributed by atoms with Gasteiger partial charge in [-0.3, -0.25) is 14.5 Å². The summed E-state index contributed by atoms with van der Waals surface area (Å²) in [5.41, 5.74) is 0.117. The monoisotopic (exact) mass is 418 g/mol. The van der Waals surface area contributed by atoms with Crippen LogP contribution in [0.4, 0.5) is 5.69 Å². The number of furan rings is 1. The SMILES string of the molecule is CC(C)(C)NC(=O)C(c1ccco1)N(C(=O)c1csnn1)c1ccc(Cl)cc1. The van der Waals surface area contributed by atoms with Crippen LogP contribution in [-0.2, 0) is 4.79 Å². The smallest absolute Gasteiger partial charge is 0.280 e. The van der Waals surface area contributed by atoms with Gasteiger partial charge < -0.3 is 9.73 Å². The molecule has 0 aliphatic heterocycles. The van der Waals surface area contributed by atoms with Crippen LogP contribution >= 0.6 is 23.1 Å². The highest BCUT2D eigenvalue weighted by Crippen LogP contribution is 2.31. The third kappa shape index (κ3) is 4.58. The summed E-state index contributed by atoms with van der Waals surface area (Å²) in [7, 11) is 0. The van der Waals surface area contributed by atoms with Crippen LogP contribution in [0.3, 0.4) is 0 Å². The lowest BCUT2D eigenvalue weighted by Gasteiger charge is -2.32. The fourth-order valence-corrected chi connectivity index (χ4v) is 3.18. The molecule has 2 aromatic heterocycles. The molecule has 0 saturated carbocycles. The van der Waals surface area contributed by atoms with Crippen LogP contribution in [0, 0.1) is 0 Å². The summed E-state index contributed by atoms with van der Waals surface area (Å²) < 4.78 is 9.27. The van der Waals surface area contributed by atoms with Gasteiger partial charge in [0.25, 0.3) is 11.8 Å². The molecule has 146 valence electrons. The second kappa shape index (κ2) is 8.12. The van der Waals surface area contributed by atoms with Crippen LogP contribution in [0.15, 0.2) is 52.5 Å². The molecule has 28 heavy (non-hydrogen) atoms. The van der Waals surface area contributed by atoms with E-state index in [2.05, 4.69) is 14.9 Å². The fourth-order valence-electron chi connectivity index (χ4n) is 2.62. The number of carbonyl (C=O) groups is 2. The highest BCUT2D eigenvalue weighted by Gasteiger charge is 2.37. The molecule has 7 nitrogen and oxygen atoms in total. The summed E-state index contributed by atoms with van der Waals surface area (Å²) in [6.45, 7) is 5.59. The summed E-state index contributed by atoms with van der Waals surface area (Å²) in [4.78, 5) is 27.8. The molecule has 1 N–H and O–H groups in total. The zero-order valence-corrected chi connectivity index (χ0v) is 17.1. The van der Waals surface area contributed by atoms with E-state index in [9.17, 15) is 9.59 Å². The van der Waals surface area contributed by atoms with Gasteiger partial charge in [0, 0.05) is 21.6 Å². The zero-order valence-electron chi connectivity index (χ0n) is 15.5. The van der Waals surface area contributed by atoms with Gasteiger partial charge in [-0.1, -0.05) is 16.1 Å². The number of hydrogen-bond acceptors (Lipinski definition) is 6. The highest BCUT2D eigenvalue weighted by atomic mass is 35.5. The summed E-state index contributed by atoms with van der Waals surface area (Å²) in [5.74, 6) is -0.524. The molecule has 0 spiro atoms. The van der Waals surface area contributed by atoms with Crippen molar-refractivity contribution in [1.82, 2.24) is 14.9 Å². The number of nitrogens with one attached hydrogen (secondary N) is 1. The van der Waals surface area contributed by atoms with Crippen LogP contribution in [0.1, 0.15) is 43.1 Å². The molecule has 1 atom stereocenters. The molecule has 0 aliphatic carbocycles. The van der Waals surface area contributed by atoms with Crippen LogP contribution in [0.2, 0.25) is 5.02 Å². The van der Waals surface area contributed by atoms with Crippen molar-refractivity contribution in [2.45, 2.75) is 32.4 Å². The molecule has 0 saturated heterocycles. The molecule has 0 fully saturated rings. The molecular formula is C19H19ClN4O3S. The first-order chi connectivity index (χ1) is 13.3. The standard InChI is InChI=1S/C19H19ClN4O3S/c1-19(2,3)21-17(25)16(15-5-4-10-27-15)24(13-8-6-12(20)7-9-13)18(26)14-11-28-23-22-14/h4-11,16H,1-3H3,(H,21,25). The molecule has 0 aliphatic rings. The number of benzene rings is 1. The molecule has 3 rings (SSSR count). The highest BCUT2D eigenvalue weighted by molar-refractivity contribution is 7.03. The Balaban J connectivity index is 2.12. The molecular weight excluding hydrogens is 400 g/mol. The van der Waals surface area contributed by atoms with Crippen molar-refractivity contribution in [2.75, 3.05) is 4.90 Å². The minimum atomic E-state index is -1.04. The van der Waals surface area contributed by atoms with E-state index >= 15 is 0 Å². The van der Waals surface area contributed by atoms with Gasteiger partial charge in [0.15, 0.2) is 11.7 Å². The van der Waals surface area contributed by atoms with Gasteiger partial charge in [-0.15, -0.1) is 5.10 Å². The molecule has 2 amide bonds. The second-order valence-corrected chi connectivity index (χ2v) is 8.15. The second-order valence-electron chi connectivity index (χ2n) is 7.10. The first-order valence-electron chi connectivity index (χ1n) is 8.48. The third-order valence-corrected chi connectivity index (χ3v) is 4.48. The molecule has 0 bridgehead atoms. The minimum Gasteiger partial charge on any atom is -0.467 e. The summed E-state index contributed by atoms with van der Waals surface area (Å²) in [5, 5.41) is 8.83. The Morgan fingerprint density at radius 2 is 1.93 bits per heavy atom. The topological polar surface area (TPSA) is 88.3 Å². The van der Waals surface area contributed by atoms with Gasteiger partial charge >= 0.3 is 0 Å². The van der Waals surface area contributed by atoms with Gasteiger partial charge in [-0.25, -0.2) is 0 Å². The Labute approximate surface area is 171 Å². The number of halogens is 1. The van der Waals surface area contributed by atoms with Crippen LogP contribution in [0.5, 0.6) is 0 Å². The number of anilines is 1. The number of hydrogen-bond donors (Lipinski definition) is 1. The van der Waals surface area contributed by atoms with Gasteiger partial charge in [-0.2, -0.15) is 0 Å². The average molecular weight is 419 g/mol. The lowest BCUT2D eigenvalue weighted by atomic mass is 10.1. The lowest BCUT2D eigenvalue weighted by Crippen LogP contribution is -2.49. The van der Waals surface area contributed by atoms with Crippen molar-refractivity contribution in [2.24, 2.45) is 0 Å². The van der Waals surface area contributed by atoms with E-state index in [0.717, 1.165) is 11.5 Å². The first-order valence-corrected chi connectivity index (χ1v) is 9.69. The van der Waals surface area contributed by atoms with E-state index in [4.69, 9.17) is 16.0 Å². The van der Waals surface area contributed by atoms with Crippen molar-refractivity contribution in [3.8, 4) is 0 Å². The van der Waals surface area contributed by atoms with Crippen LogP contribution < -0.4 is 10.2 Å². The van der Waals surface area contributed by atoms with Crippen molar-refractivity contribution < 1.29 is 14.0 Å². The van der Waals surface area contributed by atoms with Crippen molar-refractivity contribution in [3.63, 3.8) is 0 Å². The number of amides is 2. The molecule has 3 aromatic rings. The quantitative estimate of drug-likeness (QED) is 0.674. The maximum atomic E-state index is 13.3. The number of aromatic nitrogens is 2. The third-order valence-electron chi connectivity index (χ3n) is 3.72. The van der Waals surface area contributed by atoms with Gasteiger partial charge in [0.05, 0.1) is 6.26 Å². The molecule has 1 unspecified atom stereocenters. The van der Waals surface area contributed by atoms with E-state index in [1.54, 1.807) is 36.4 Å². The van der Waals surface area contributed by atoms with E-state index < -0.39 is 17.5 Å². The Bertz CT molecular complexity index is 935. The normalized spacial score (nSPS) is 12.4. The van der Waals surface area contributed by atoms with E-state index in [1.807, 2.05) is 20.8 Å². The lowest BCUT2D eigenvalue weighted by molar-refractivity contribution is -0.124. The number of rotatable bonds is 5. The summed E-state index contributed by atoms with van der Waals surface area (Å²) in [6.07, 6.45) is 1.46. The van der Waals surface area contributed by atoms with Gasteiger partial charge in [0.1, 0.15) is 5.76 Å². The number of nitrogens with zero attached hydrogens (tertiary/aromatic N) is 3. The van der Waals surface area contributed by atoms with Gasteiger partial charge in [-0.05, 0) is 68.7 Å². The maximum absolute atomic E-state index is 13.3. The Kier molecular flexibility index (Phi) is 5.81. The van der Waals surface area contributed by atoms with E-state index in [0.29, 0.717) is 16.5 Å². The van der Waals surface area contributed by atoms with Crippen LogP contribution in [0.25, 0.3) is 0 Å². The molecule has 9 heteroatoms. The van der Waals surface area contributed by atoms with E-state index in [-0.39, 0.29) is 11.6 Å². The Hall–Kier alpha value is -2.71. The van der Waals surface area contributed by atoms with E-state index in [1.165, 1.54) is 16.5 Å². The van der Waals surface area contributed by atoms with Gasteiger partial charge in [0.2, 0.25) is 0 Å². The molecule has 2 heterocycles. The molecule has 1 aromatic carbocycles. The minimum absolute atomic E-state index is 0.139. The maximum Gasteiger partial charge on any atom is 0.280 e. The Morgan fingerprint density at radius 1 is 1.21 bits per heavy atom. The summed E-state index contributed by atoms with van der Waals surface area (Å²) >= 11 is 7.06.